The molecule has 0 spiro atoms. The van der Waals surface area contributed by atoms with Crippen LogP contribution in [0.1, 0.15) is 23.6 Å². The molecule has 0 aliphatic carbocycles. The fourth-order valence-corrected chi connectivity index (χ4v) is 3.62. The fourth-order valence-electron chi connectivity index (χ4n) is 3.34. The maximum atomic E-state index is 13.1. The molecule has 0 bridgehead atoms. The van der Waals surface area contributed by atoms with Gasteiger partial charge in [-0.3, -0.25) is 4.90 Å². The first kappa shape index (κ1) is 17.1. The largest absolute Gasteiger partial charge is 0.476 e. The summed E-state index contributed by atoms with van der Waals surface area (Å²) in [6.45, 7) is 3.46. The lowest BCUT2D eigenvalue weighted by molar-refractivity contribution is 0.0890. The maximum Gasteiger partial charge on any atom is 0.336 e. The molecule has 1 aromatic heterocycles. The minimum atomic E-state index is -0.380. The lowest BCUT2D eigenvalue weighted by Crippen LogP contribution is -2.32. The van der Waals surface area contributed by atoms with Crippen LogP contribution in [-0.4, -0.2) is 11.6 Å². The molecule has 4 nitrogen and oxygen atoms in total. The van der Waals surface area contributed by atoms with Crippen molar-refractivity contribution in [1.82, 2.24) is 4.90 Å². The van der Waals surface area contributed by atoms with E-state index in [0.29, 0.717) is 42.6 Å². The van der Waals surface area contributed by atoms with Crippen molar-refractivity contribution in [3.63, 3.8) is 0 Å². The van der Waals surface area contributed by atoms with Crippen LogP contribution < -0.4 is 10.4 Å². The molecule has 0 saturated heterocycles. The summed E-state index contributed by atoms with van der Waals surface area (Å²) in [7, 11) is 0. The zero-order valence-electron chi connectivity index (χ0n) is 14.2. The summed E-state index contributed by atoms with van der Waals surface area (Å²) in [5, 5.41) is 1.35. The minimum absolute atomic E-state index is 0.263. The summed E-state index contributed by atoms with van der Waals surface area (Å²) in [5.74, 6) is 0.298. The number of hydrogen-bond acceptors (Lipinski definition) is 4. The molecule has 0 radical (unpaired) electrons. The van der Waals surface area contributed by atoms with E-state index < -0.39 is 0 Å². The normalized spacial score (nSPS) is 14.3. The molecule has 0 saturated carbocycles. The second-order valence-electron chi connectivity index (χ2n) is 6.37. The molecular weight excluding hydrogens is 357 g/mol. The molecule has 0 atom stereocenters. The predicted octanol–water partition coefficient (Wildman–Crippen LogP) is 4.50. The van der Waals surface area contributed by atoms with Gasteiger partial charge >= 0.3 is 5.63 Å². The number of fused-ring (bicyclic) bond motifs is 3. The van der Waals surface area contributed by atoms with E-state index in [1.54, 1.807) is 18.2 Å². The highest BCUT2D eigenvalue weighted by Crippen LogP contribution is 2.39. The van der Waals surface area contributed by atoms with Crippen molar-refractivity contribution >= 4 is 22.6 Å². The fraction of sp³-hybridized carbons (Fsp3) is 0.250. The van der Waals surface area contributed by atoms with Gasteiger partial charge in [0.25, 0.3) is 0 Å². The molecule has 0 fully saturated rings. The third-order valence-corrected chi connectivity index (χ3v) is 4.88. The van der Waals surface area contributed by atoms with Crippen LogP contribution in [0, 0.1) is 5.82 Å². The van der Waals surface area contributed by atoms with Gasteiger partial charge in [-0.25, -0.2) is 9.18 Å². The van der Waals surface area contributed by atoms with E-state index in [1.807, 2.05) is 11.8 Å². The average molecular weight is 374 g/mol. The Hall–Kier alpha value is -2.37. The highest BCUT2D eigenvalue weighted by atomic mass is 35.5. The highest BCUT2D eigenvalue weighted by Gasteiger charge is 2.25. The number of benzene rings is 2. The van der Waals surface area contributed by atoms with Gasteiger partial charge < -0.3 is 9.15 Å². The van der Waals surface area contributed by atoms with Gasteiger partial charge in [-0.15, -0.1) is 0 Å². The van der Waals surface area contributed by atoms with Crippen LogP contribution in [0.5, 0.6) is 5.75 Å². The van der Waals surface area contributed by atoms with Crippen molar-refractivity contribution in [3.05, 3.63) is 74.3 Å². The summed E-state index contributed by atoms with van der Waals surface area (Å²) in [4.78, 5) is 14.0. The van der Waals surface area contributed by atoms with E-state index in [9.17, 15) is 9.18 Å². The molecule has 2 aromatic carbocycles. The van der Waals surface area contributed by atoms with Crippen LogP contribution >= 0.6 is 11.6 Å². The van der Waals surface area contributed by atoms with Gasteiger partial charge in [0.15, 0.2) is 0 Å². The summed E-state index contributed by atoms with van der Waals surface area (Å²) in [5.41, 5.74) is 2.79. The second kappa shape index (κ2) is 6.74. The molecule has 0 amide bonds. The Morgan fingerprint density at radius 1 is 1.23 bits per heavy atom. The van der Waals surface area contributed by atoms with Gasteiger partial charge in [-0.2, -0.15) is 0 Å². The van der Waals surface area contributed by atoms with Gasteiger partial charge in [0.05, 0.1) is 10.6 Å². The van der Waals surface area contributed by atoms with E-state index in [2.05, 4.69) is 0 Å². The van der Waals surface area contributed by atoms with E-state index in [0.717, 1.165) is 22.1 Å². The number of aryl methyl sites for hydroxylation is 1. The minimum Gasteiger partial charge on any atom is -0.476 e. The summed E-state index contributed by atoms with van der Waals surface area (Å²) in [6.07, 6.45) is 0.706. The van der Waals surface area contributed by atoms with E-state index >= 15 is 0 Å². The first-order valence-electron chi connectivity index (χ1n) is 8.43. The Morgan fingerprint density at radius 3 is 2.73 bits per heavy atom. The monoisotopic (exact) mass is 373 g/mol. The number of nitrogens with zero attached hydrogens (tertiary/aromatic N) is 1. The zero-order valence-corrected chi connectivity index (χ0v) is 15.0. The smallest absolute Gasteiger partial charge is 0.336 e. The molecule has 6 heteroatoms. The number of halogens is 2. The van der Waals surface area contributed by atoms with Crippen LogP contribution in [0.25, 0.3) is 11.0 Å². The van der Waals surface area contributed by atoms with Crippen LogP contribution in [0.3, 0.4) is 0 Å². The van der Waals surface area contributed by atoms with Crippen molar-refractivity contribution in [3.8, 4) is 5.75 Å². The van der Waals surface area contributed by atoms with Crippen LogP contribution in [0.2, 0.25) is 5.02 Å². The van der Waals surface area contributed by atoms with Crippen LogP contribution in [0.4, 0.5) is 4.39 Å². The molecule has 1 aliphatic heterocycles. The molecule has 2 heterocycles. The van der Waals surface area contributed by atoms with E-state index in [-0.39, 0.29) is 11.4 Å². The molecule has 1 aliphatic rings. The number of hydrogen-bond donors (Lipinski definition) is 0. The van der Waals surface area contributed by atoms with Crippen molar-refractivity contribution in [2.45, 2.75) is 26.4 Å². The Bertz CT molecular complexity index is 1030. The molecule has 0 N–H and O–H groups in total. The SMILES string of the molecule is CCc1cc(=O)oc2c3c(c(Cl)cc12)OCN(Cc1ccc(F)cc1)C3. The van der Waals surface area contributed by atoms with Crippen LogP contribution in [-0.2, 0) is 19.5 Å². The first-order valence-corrected chi connectivity index (χ1v) is 8.80. The molecule has 3 aromatic rings. The van der Waals surface area contributed by atoms with E-state index in [4.69, 9.17) is 20.8 Å². The topological polar surface area (TPSA) is 42.7 Å². The van der Waals surface area contributed by atoms with Gasteiger partial charge in [0, 0.05) is 24.5 Å². The van der Waals surface area contributed by atoms with Gasteiger partial charge in [0.2, 0.25) is 0 Å². The van der Waals surface area contributed by atoms with Crippen molar-refractivity contribution < 1.29 is 13.5 Å². The molecule has 4 rings (SSSR count). The third kappa shape index (κ3) is 3.08. The lowest BCUT2D eigenvalue weighted by atomic mass is 10.0. The Labute approximate surface area is 154 Å². The molecule has 26 heavy (non-hydrogen) atoms. The quantitative estimate of drug-likeness (QED) is 0.634. The molecule has 0 unspecified atom stereocenters. The lowest BCUT2D eigenvalue weighted by Gasteiger charge is -2.30. The predicted molar refractivity (Wildman–Crippen MR) is 98.0 cm³/mol. The molecular formula is C20H17ClFNO3. The third-order valence-electron chi connectivity index (χ3n) is 4.59. The zero-order chi connectivity index (χ0) is 18.3. The number of rotatable bonds is 3. The summed E-state index contributed by atoms with van der Waals surface area (Å²) >= 11 is 6.41. The average Bonchev–Trinajstić information content (AvgIpc) is 2.64. The van der Waals surface area contributed by atoms with Crippen molar-refractivity contribution in [2.24, 2.45) is 0 Å². The Kier molecular flexibility index (Phi) is 4.42. The van der Waals surface area contributed by atoms with Gasteiger partial charge in [-0.1, -0.05) is 30.7 Å². The van der Waals surface area contributed by atoms with Gasteiger partial charge in [0.1, 0.15) is 23.9 Å². The summed E-state index contributed by atoms with van der Waals surface area (Å²) in [6, 6.07) is 9.67. The maximum absolute atomic E-state index is 13.1. The number of ether oxygens (including phenoxy) is 1. The van der Waals surface area contributed by atoms with Crippen molar-refractivity contribution in [1.29, 1.82) is 0 Å². The first-order chi connectivity index (χ1) is 12.5. The summed E-state index contributed by atoms with van der Waals surface area (Å²) < 4.78 is 24.4. The van der Waals surface area contributed by atoms with Crippen LogP contribution in [0.15, 0.2) is 45.6 Å². The van der Waals surface area contributed by atoms with Gasteiger partial charge in [-0.05, 0) is 35.7 Å². The Morgan fingerprint density at radius 2 is 2.00 bits per heavy atom. The molecule has 134 valence electrons. The van der Waals surface area contributed by atoms with E-state index in [1.165, 1.54) is 18.2 Å². The highest BCUT2D eigenvalue weighted by molar-refractivity contribution is 6.33. The van der Waals surface area contributed by atoms with Crippen molar-refractivity contribution in [2.75, 3.05) is 6.73 Å². The Balaban J connectivity index is 1.75. The second-order valence-corrected chi connectivity index (χ2v) is 6.78. The standard InChI is InChI=1S/C20H17ClFNO3/c1-2-13-7-18(24)26-19-15(13)8-17(21)20-16(19)10-23(11-25-20)9-12-3-5-14(22)6-4-12/h3-8H,2,9-11H2,1H3.